The van der Waals surface area contributed by atoms with Crippen molar-refractivity contribution < 1.29 is 75.0 Å². The van der Waals surface area contributed by atoms with Gasteiger partial charge in [0, 0.05) is 16.2 Å². The van der Waals surface area contributed by atoms with Crippen LogP contribution in [0.25, 0.3) is 0 Å². The number of halogens is 6. The van der Waals surface area contributed by atoms with Crippen LogP contribution in [0.4, 0.5) is 26.3 Å². The maximum absolute atomic E-state index is 12.4. The molecule has 0 saturated heterocycles. The third-order valence-corrected chi connectivity index (χ3v) is 5.46. The molecule has 11 nitrogen and oxygen atoms in total. The molecule has 0 aromatic rings. The summed E-state index contributed by atoms with van der Waals surface area (Å²) in [5.41, 5.74) is -3.49. The minimum absolute atomic E-state index is 0.0659. The van der Waals surface area contributed by atoms with E-state index in [0.717, 1.165) is 6.26 Å². The Morgan fingerprint density at radius 1 is 0.538 bits per heavy atom. The predicted molar refractivity (Wildman–Crippen MR) is 124 cm³/mol. The third kappa shape index (κ3) is 22.6. The lowest BCUT2D eigenvalue weighted by molar-refractivity contribution is -0.185. The zero-order valence-corrected chi connectivity index (χ0v) is 23.8. The first-order chi connectivity index (χ1) is 17.2. The minimum Gasteiger partial charge on any atom is -0.380 e. The van der Waals surface area contributed by atoms with E-state index >= 15 is 0 Å². The largest absolute Gasteiger partial charge is 0.411 e. The Morgan fingerprint density at radius 2 is 0.846 bits per heavy atom. The molecule has 0 aliphatic carbocycles. The summed E-state index contributed by atoms with van der Waals surface area (Å²) >= 11 is 0. The summed E-state index contributed by atoms with van der Waals surface area (Å²) in [6, 6.07) is 0. The molecule has 0 heterocycles. The molecule has 236 valence electrons. The van der Waals surface area contributed by atoms with Gasteiger partial charge in [-0.2, -0.15) is 43.2 Å². The first-order valence-electron chi connectivity index (χ1n) is 11.1. The molecule has 0 rings (SSSR count). The van der Waals surface area contributed by atoms with E-state index in [1.165, 1.54) is 13.8 Å². The van der Waals surface area contributed by atoms with Crippen molar-refractivity contribution in [3.63, 3.8) is 0 Å². The van der Waals surface area contributed by atoms with Crippen molar-refractivity contribution in [1.82, 2.24) is 0 Å². The highest BCUT2D eigenvalue weighted by molar-refractivity contribution is 7.86. The molecule has 0 aromatic carbocycles. The van der Waals surface area contributed by atoms with Gasteiger partial charge in [0.25, 0.3) is 10.1 Å². The predicted octanol–water partition coefficient (Wildman–Crippen LogP) is 3.01. The third-order valence-electron chi connectivity index (χ3n) is 4.50. The van der Waals surface area contributed by atoms with Crippen LogP contribution in [0.15, 0.2) is 0 Å². The van der Waals surface area contributed by atoms with Gasteiger partial charge < -0.3 is 18.9 Å². The number of hydrogen-bond donors (Lipinski definition) is 1. The molecule has 0 aliphatic heterocycles. The molecule has 0 aliphatic rings. The van der Waals surface area contributed by atoms with E-state index in [0.29, 0.717) is 0 Å². The molecule has 0 fully saturated rings. The second-order valence-electron chi connectivity index (χ2n) is 10.6. The number of rotatable bonds is 20. The average molecular weight is 631 g/mol. The molecule has 1 N–H and O–H groups in total. The van der Waals surface area contributed by atoms with Gasteiger partial charge in [-0.05, 0) is 0 Å². The SMILES string of the molecule is CC(C)(COCC(C)(COCC(F)(F)F)COS(C)(=O)=O)COCC(C)(COCC(F)(F)F)COS(=O)(=O)O. The van der Waals surface area contributed by atoms with Crippen LogP contribution in [0.1, 0.15) is 27.7 Å². The second-order valence-corrected chi connectivity index (χ2v) is 13.4. The van der Waals surface area contributed by atoms with E-state index in [1.807, 2.05) is 0 Å². The van der Waals surface area contributed by atoms with Crippen molar-refractivity contribution in [2.24, 2.45) is 16.2 Å². The van der Waals surface area contributed by atoms with Crippen LogP contribution >= 0.6 is 0 Å². The molecular formula is C20H36F6O11S2. The highest BCUT2D eigenvalue weighted by atomic mass is 32.3. The van der Waals surface area contributed by atoms with Crippen LogP contribution in [-0.2, 0) is 47.8 Å². The van der Waals surface area contributed by atoms with Gasteiger partial charge in [0.1, 0.15) is 13.2 Å². The summed E-state index contributed by atoms with van der Waals surface area (Å²) in [5.74, 6) is 0. The molecule has 0 radical (unpaired) electrons. The Kier molecular flexibility index (Phi) is 14.6. The molecule has 0 saturated carbocycles. The summed E-state index contributed by atoms with van der Waals surface area (Å²) < 4.78 is 157. The lowest BCUT2D eigenvalue weighted by Gasteiger charge is -2.33. The molecule has 0 spiro atoms. The number of hydrogen-bond acceptors (Lipinski definition) is 10. The Balaban J connectivity index is 5.05. The summed E-state index contributed by atoms with van der Waals surface area (Å²) in [6.07, 6.45) is -8.46. The maximum Gasteiger partial charge on any atom is 0.411 e. The zero-order valence-electron chi connectivity index (χ0n) is 22.2. The van der Waals surface area contributed by atoms with Gasteiger partial charge >= 0.3 is 22.8 Å². The second kappa shape index (κ2) is 14.9. The van der Waals surface area contributed by atoms with Crippen molar-refractivity contribution in [3.05, 3.63) is 0 Å². The number of alkyl halides is 6. The minimum atomic E-state index is -4.89. The standard InChI is InChI=1S/C20H36F6O11S2/c1-16(2,6-32-8-17(3,12-36-38(5,27)28)10-34-14-19(21,22)23)7-33-9-18(4,13-37-39(29,30)31)11-35-15-20(24,25)26/h6-15H2,1-5H3,(H,29,30,31). The van der Waals surface area contributed by atoms with Gasteiger partial charge in [0.2, 0.25) is 0 Å². The first kappa shape index (κ1) is 38.2. The van der Waals surface area contributed by atoms with Gasteiger partial charge in [-0.25, -0.2) is 4.18 Å². The van der Waals surface area contributed by atoms with E-state index in [9.17, 15) is 43.2 Å². The summed E-state index contributed by atoms with van der Waals surface area (Å²) in [6.45, 7) is -0.363. The lowest BCUT2D eigenvalue weighted by atomic mass is 9.92. The van der Waals surface area contributed by atoms with Crippen LogP contribution < -0.4 is 0 Å². The summed E-state index contributed by atoms with van der Waals surface area (Å²) in [4.78, 5) is 0. The fourth-order valence-corrected chi connectivity index (χ4v) is 3.66. The van der Waals surface area contributed by atoms with E-state index < -0.39 is 88.8 Å². The Labute approximate surface area is 224 Å². The van der Waals surface area contributed by atoms with Gasteiger partial charge in [-0.15, -0.1) is 0 Å². The van der Waals surface area contributed by atoms with Crippen LogP contribution in [-0.4, -0.2) is 106 Å². The van der Waals surface area contributed by atoms with Crippen molar-refractivity contribution in [1.29, 1.82) is 0 Å². The van der Waals surface area contributed by atoms with Crippen LogP contribution in [0.2, 0.25) is 0 Å². The summed E-state index contributed by atoms with van der Waals surface area (Å²) in [5, 5.41) is 0. The quantitative estimate of drug-likeness (QED) is 0.120. The van der Waals surface area contributed by atoms with Crippen molar-refractivity contribution >= 4 is 20.5 Å². The molecule has 0 aromatic heterocycles. The molecule has 0 amide bonds. The first-order valence-corrected chi connectivity index (χ1v) is 14.3. The van der Waals surface area contributed by atoms with Crippen molar-refractivity contribution in [2.75, 3.05) is 72.3 Å². The Hall–Kier alpha value is -0.800. The monoisotopic (exact) mass is 630 g/mol. The fourth-order valence-electron chi connectivity index (χ4n) is 2.73. The summed E-state index contributed by atoms with van der Waals surface area (Å²) in [7, 11) is -8.80. The Morgan fingerprint density at radius 3 is 1.13 bits per heavy atom. The zero-order chi connectivity index (χ0) is 30.8. The molecular weight excluding hydrogens is 594 g/mol. The highest BCUT2D eigenvalue weighted by Gasteiger charge is 2.35. The van der Waals surface area contributed by atoms with Crippen LogP contribution in [0.3, 0.4) is 0 Å². The molecule has 19 heteroatoms. The van der Waals surface area contributed by atoms with Crippen LogP contribution in [0, 0.1) is 16.2 Å². The van der Waals surface area contributed by atoms with E-state index in [2.05, 4.69) is 13.7 Å². The van der Waals surface area contributed by atoms with E-state index in [4.69, 9.17) is 18.2 Å². The normalized spacial score (nSPS) is 17.1. The van der Waals surface area contributed by atoms with Crippen molar-refractivity contribution in [2.45, 2.75) is 40.0 Å². The Bertz CT molecular complexity index is 865. The lowest BCUT2D eigenvalue weighted by Crippen LogP contribution is -2.39. The van der Waals surface area contributed by atoms with Gasteiger partial charge in [-0.1, -0.05) is 27.7 Å². The smallest absolute Gasteiger partial charge is 0.380 e. The highest BCUT2D eigenvalue weighted by Crippen LogP contribution is 2.26. The molecule has 0 bridgehead atoms. The molecule has 2 atom stereocenters. The fraction of sp³-hybridized carbons (Fsp3) is 1.00. The maximum atomic E-state index is 12.4. The van der Waals surface area contributed by atoms with Gasteiger partial charge in [0.15, 0.2) is 0 Å². The average Bonchev–Trinajstić information content (AvgIpc) is 2.68. The van der Waals surface area contributed by atoms with E-state index in [1.54, 1.807) is 13.8 Å². The molecule has 2 unspecified atom stereocenters. The van der Waals surface area contributed by atoms with Crippen molar-refractivity contribution in [3.8, 4) is 0 Å². The topological polar surface area (TPSA) is 144 Å². The molecule has 39 heavy (non-hydrogen) atoms. The number of ether oxygens (including phenoxy) is 4. The van der Waals surface area contributed by atoms with Crippen LogP contribution in [0.5, 0.6) is 0 Å². The van der Waals surface area contributed by atoms with Gasteiger partial charge in [0.05, 0.1) is 59.1 Å². The van der Waals surface area contributed by atoms with Gasteiger partial charge in [-0.3, -0.25) is 8.74 Å². The van der Waals surface area contributed by atoms with E-state index in [-0.39, 0.29) is 26.4 Å².